The molecule has 0 saturated carbocycles. The second-order valence-electron chi connectivity index (χ2n) is 12.2. The summed E-state index contributed by atoms with van der Waals surface area (Å²) in [5, 5.41) is 6.75. The Balaban J connectivity index is 1.42. The summed E-state index contributed by atoms with van der Waals surface area (Å²) in [5.41, 5.74) is 7.62. The highest BCUT2D eigenvalue weighted by Crippen LogP contribution is 2.40. The monoisotopic (exact) mass is 604 g/mol. The molecule has 4 N–H and O–H groups in total. The van der Waals surface area contributed by atoms with Crippen molar-refractivity contribution in [3.8, 4) is 0 Å². The predicted molar refractivity (Wildman–Crippen MR) is 159 cm³/mol. The zero-order valence-corrected chi connectivity index (χ0v) is 25.1. The molecule has 1 amide bonds. The fourth-order valence-corrected chi connectivity index (χ4v) is 8.99. The van der Waals surface area contributed by atoms with Crippen LogP contribution in [0.5, 0.6) is 0 Å². The van der Waals surface area contributed by atoms with Gasteiger partial charge in [0.1, 0.15) is 17.7 Å². The van der Waals surface area contributed by atoms with Crippen LogP contribution < -0.4 is 16.4 Å². The van der Waals surface area contributed by atoms with Gasteiger partial charge in [-0.15, -0.1) is 0 Å². The van der Waals surface area contributed by atoms with Crippen molar-refractivity contribution in [1.82, 2.24) is 9.62 Å². The van der Waals surface area contributed by atoms with E-state index in [1.165, 1.54) is 18.2 Å². The van der Waals surface area contributed by atoms with E-state index in [1.54, 1.807) is 28.6 Å². The number of nitrogens with one attached hydrogen (secondary N) is 2. The molecule has 3 aliphatic rings. The van der Waals surface area contributed by atoms with Gasteiger partial charge in [-0.2, -0.15) is 4.31 Å². The summed E-state index contributed by atoms with van der Waals surface area (Å²) >= 11 is 0. The smallest absolute Gasteiger partial charge is 0.240 e. The van der Waals surface area contributed by atoms with Crippen LogP contribution in [0.4, 0.5) is 14.5 Å². The van der Waals surface area contributed by atoms with Crippen LogP contribution >= 0.6 is 0 Å². The van der Waals surface area contributed by atoms with Crippen molar-refractivity contribution >= 4 is 21.6 Å². The van der Waals surface area contributed by atoms with Gasteiger partial charge >= 0.3 is 0 Å². The van der Waals surface area contributed by atoms with Crippen LogP contribution in [0.15, 0.2) is 42.5 Å². The number of hydrogen-bond acceptors (Lipinski definition) is 6. The maximum Gasteiger partial charge on any atom is 0.240 e. The molecule has 8 atom stereocenters. The number of piperazine rings is 1. The topological polar surface area (TPSA) is 114 Å². The number of benzene rings is 2. The largest absolute Gasteiger partial charge is 0.376 e. The Labute approximate surface area is 247 Å². The molecular formula is C31H42F2N4O4S. The van der Waals surface area contributed by atoms with Crippen LogP contribution in [-0.2, 0) is 26.0 Å². The molecule has 3 fully saturated rings. The molecule has 0 radical (unpaired) electrons. The lowest BCUT2D eigenvalue weighted by molar-refractivity contribution is -0.120. The summed E-state index contributed by atoms with van der Waals surface area (Å²) in [6, 6.07) is 9.73. The first-order valence-corrected chi connectivity index (χ1v) is 16.6. The van der Waals surface area contributed by atoms with Gasteiger partial charge in [-0.05, 0) is 88.1 Å². The van der Waals surface area contributed by atoms with Gasteiger partial charge in [-0.25, -0.2) is 17.2 Å². The molecule has 42 heavy (non-hydrogen) atoms. The van der Waals surface area contributed by atoms with E-state index in [9.17, 15) is 17.6 Å². The Morgan fingerprint density at radius 3 is 2.55 bits per heavy atom. The molecule has 5 rings (SSSR count). The molecule has 2 bridgehead atoms. The van der Waals surface area contributed by atoms with Crippen molar-refractivity contribution in [3.63, 3.8) is 0 Å². The van der Waals surface area contributed by atoms with Crippen molar-refractivity contribution < 1.29 is 26.7 Å². The maximum absolute atomic E-state index is 15.4. The van der Waals surface area contributed by atoms with E-state index < -0.39 is 33.7 Å². The number of nitrogens with zero attached hydrogens (tertiary/aromatic N) is 1. The Hall–Kier alpha value is -2.60. The first kappa shape index (κ1) is 30.8. The van der Waals surface area contributed by atoms with Crippen molar-refractivity contribution in [1.29, 1.82) is 0 Å². The molecule has 230 valence electrons. The van der Waals surface area contributed by atoms with E-state index in [4.69, 9.17) is 10.5 Å². The van der Waals surface area contributed by atoms with Gasteiger partial charge in [0.05, 0.1) is 18.0 Å². The van der Waals surface area contributed by atoms with Crippen molar-refractivity contribution in [2.45, 2.75) is 88.6 Å². The third kappa shape index (κ3) is 6.96. The van der Waals surface area contributed by atoms with Crippen LogP contribution in [-0.4, -0.2) is 67.8 Å². The highest BCUT2D eigenvalue weighted by atomic mass is 32.2. The summed E-state index contributed by atoms with van der Waals surface area (Å²) < 4.78 is 62.7. The second kappa shape index (κ2) is 13.0. The minimum absolute atomic E-state index is 0.00530. The molecule has 0 spiro atoms. The number of amides is 1. The van der Waals surface area contributed by atoms with Crippen molar-refractivity contribution in [3.05, 3.63) is 65.2 Å². The lowest BCUT2D eigenvalue weighted by Gasteiger charge is -2.40. The summed E-state index contributed by atoms with van der Waals surface area (Å²) in [7, 11) is -3.38. The Bertz CT molecular complexity index is 1350. The van der Waals surface area contributed by atoms with Gasteiger partial charge < -0.3 is 21.1 Å². The minimum atomic E-state index is -3.38. The number of sulfonamides is 1. The molecule has 3 saturated heterocycles. The van der Waals surface area contributed by atoms with Gasteiger partial charge in [-0.3, -0.25) is 4.79 Å². The first-order chi connectivity index (χ1) is 20.0. The van der Waals surface area contributed by atoms with Gasteiger partial charge in [0.25, 0.3) is 0 Å². The molecular weight excluding hydrogens is 562 g/mol. The highest BCUT2D eigenvalue weighted by Gasteiger charge is 2.40. The molecule has 11 heteroatoms. The molecule has 2 aromatic rings. The number of hydrogen-bond donors (Lipinski definition) is 3. The zero-order chi connectivity index (χ0) is 30.0. The molecule has 3 heterocycles. The van der Waals surface area contributed by atoms with Crippen LogP contribution in [0.25, 0.3) is 0 Å². The number of anilines is 1. The van der Waals surface area contributed by atoms with Crippen LogP contribution in [0.1, 0.15) is 63.0 Å². The summed E-state index contributed by atoms with van der Waals surface area (Å²) in [5.74, 6) is -1.68. The molecule has 3 aliphatic heterocycles. The number of rotatable bonds is 9. The first-order valence-electron chi connectivity index (χ1n) is 15.0. The fourth-order valence-electron chi connectivity index (χ4n) is 7.18. The minimum Gasteiger partial charge on any atom is -0.376 e. The molecule has 3 unspecified atom stereocenters. The number of primary amides is 1. The Morgan fingerprint density at radius 1 is 1.14 bits per heavy atom. The number of fused-ring (bicyclic) bond motifs is 2. The lowest BCUT2D eigenvalue weighted by atomic mass is 9.74. The van der Waals surface area contributed by atoms with E-state index in [0.717, 1.165) is 12.0 Å². The van der Waals surface area contributed by atoms with Gasteiger partial charge in [-0.1, -0.05) is 18.2 Å². The fraction of sp³-hybridized carbons (Fsp3) is 0.581. The number of halogens is 2. The normalized spacial score (nSPS) is 30.6. The van der Waals surface area contributed by atoms with E-state index >= 15 is 4.39 Å². The number of carbonyl (C=O) groups is 1. The highest BCUT2D eigenvalue weighted by molar-refractivity contribution is 7.89. The number of carbonyl (C=O) groups excluding carboxylic acids is 1. The van der Waals surface area contributed by atoms with E-state index in [0.29, 0.717) is 50.0 Å². The van der Waals surface area contributed by atoms with Crippen molar-refractivity contribution in [2.24, 2.45) is 11.7 Å². The third-order valence-corrected chi connectivity index (χ3v) is 11.0. The van der Waals surface area contributed by atoms with Crippen LogP contribution in [0.3, 0.4) is 0 Å². The maximum atomic E-state index is 15.4. The molecule has 2 aromatic carbocycles. The predicted octanol–water partition coefficient (Wildman–Crippen LogP) is 3.92. The van der Waals surface area contributed by atoms with Crippen LogP contribution in [0, 0.1) is 17.6 Å². The van der Waals surface area contributed by atoms with E-state index in [-0.39, 0.29) is 48.2 Å². The van der Waals surface area contributed by atoms with Crippen LogP contribution in [0.2, 0.25) is 0 Å². The van der Waals surface area contributed by atoms with Gasteiger partial charge in [0, 0.05) is 42.3 Å². The quantitative estimate of drug-likeness (QED) is 0.400. The molecule has 0 aromatic heterocycles. The Morgan fingerprint density at radius 2 is 1.86 bits per heavy atom. The second-order valence-corrected chi connectivity index (χ2v) is 14.2. The average Bonchev–Trinajstić information content (AvgIpc) is 3.04. The standard InChI is InChI=1S/C31H42F2N4O4S/c1-19-15-22(16-20(2)41-19)29(21-8-10-23(32)11-9-21)30(31(34)38)36-28-7-3-6-27(33)26(28)13-12-25-17-35-24-5-4-14-42(39,40)37(25)18-24/h3,6-11,19-20,22,24-25,29-30,35-36H,4-5,12-18H2,1-2H3,(H2,34,38)/t19-,20+,22?,24-,25+,29?,30+/m1/s1. The SMILES string of the molecule is C[C@@H]1CC(C(c2ccc(F)cc2)[C@H](Nc2cccc(F)c2CC[C@H]2CN[C@@H]3CCCS(=O)(=O)N2C3)C(N)=O)C[C@H](C)O1. The lowest BCUT2D eigenvalue weighted by Crippen LogP contribution is -2.57. The van der Waals surface area contributed by atoms with Gasteiger partial charge in [0.15, 0.2) is 0 Å². The molecule has 0 aliphatic carbocycles. The van der Waals surface area contributed by atoms with E-state index in [2.05, 4.69) is 10.6 Å². The third-order valence-electron chi connectivity index (χ3n) is 9.08. The molecule has 8 nitrogen and oxygen atoms in total. The number of nitrogens with two attached hydrogens (primary N) is 1. The van der Waals surface area contributed by atoms with Crippen molar-refractivity contribution in [2.75, 3.05) is 24.2 Å². The summed E-state index contributed by atoms with van der Waals surface area (Å²) in [4.78, 5) is 13.1. The Kier molecular flexibility index (Phi) is 9.51. The average molecular weight is 605 g/mol. The summed E-state index contributed by atoms with van der Waals surface area (Å²) in [6.45, 7) is 4.93. The summed E-state index contributed by atoms with van der Waals surface area (Å²) in [6.07, 6.45) is 3.46. The van der Waals surface area contributed by atoms with Gasteiger partial charge in [0.2, 0.25) is 15.9 Å². The van der Waals surface area contributed by atoms with E-state index in [1.807, 2.05) is 13.8 Å². The number of ether oxygens (including phenoxy) is 1. The zero-order valence-electron chi connectivity index (χ0n) is 24.3.